The molecule has 0 atom stereocenters. The van der Waals surface area contributed by atoms with Crippen LogP contribution in [0, 0.1) is 5.82 Å². The van der Waals surface area contributed by atoms with E-state index in [0.717, 1.165) is 0 Å². The zero-order chi connectivity index (χ0) is 15.0. The topological polar surface area (TPSA) is 49.7 Å². The lowest BCUT2D eigenvalue weighted by Crippen LogP contribution is -2.26. The first-order chi connectivity index (χ1) is 9.99. The summed E-state index contributed by atoms with van der Waals surface area (Å²) >= 11 is 3.20. The normalized spacial score (nSPS) is 15.8. The summed E-state index contributed by atoms with van der Waals surface area (Å²) in [5.41, 5.74) is 1.24. The molecule has 108 valence electrons. The third-order valence-electron chi connectivity index (χ3n) is 3.15. The number of rotatable bonds is 2. The van der Waals surface area contributed by atoms with Gasteiger partial charge >= 0.3 is 0 Å². The van der Waals surface area contributed by atoms with Crippen LogP contribution in [-0.2, 0) is 16.6 Å². The number of anilines is 1. The van der Waals surface area contributed by atoms with E-state index in [9.17, 15) is 12.8 Å². The Labute approximate surface area is 130 Å². The molecule has 1 aliphatic heterocycles. The van der Waals surface area contributed by atoms with Gasteiger partial charge in [-0.25, -0.2) is 4.39 Å². The molecule has 1 heterocycles. The Balaban J connectivity index is 2.03. The highest BCUT2D eigenvalue weighted by Gasteiger charge is 2.25. The summed E-state index contributed by atoms with van der Waals surface area (Å²) in [6.45, 7) is 0.314. The first kappa shape index (κ1) is 14.2. The summed E-state index contributed by atoms with van der Waals surface area (Å²) in [5.74, 6) is -0.359. The molecule has 0 aliphatic carbocycles. The molecule has 3 rings (SSSR count). The maximum Gasteiger partial charge on any atom is 0.285 e. The molecular weight excluding hydrogens is 359 g/mol. The second kappa shape index (κ2) is 5.23. The fourth-order valence-electron chi connectivity index (χ4n) is 2.13. The van der Waals surface area contributed by atoms with Crippen molar-refractivity contribution in [1.29, 1.82) is 0 Å². The maximum absolute atomic E-state index is 13.6. The highest BCUT2D eigenvalue weighted by atomic mass is 79.9. The van der Waals surface area contributed by atoms with Crippen LogP contribution >= 0.6 is 15.9 Å². The summed E-state index contributed by atoms with van der Waals surface area (Å²) in [6, 6.07) is 11.3. The lowest BCUT2D eigenvalue weighted by Gasteiger charge is -2.25. The standard InChI is InChI=1S/C14H10BrFN2O2S/c15-14-10(4-3-5-11(14)16)8-18-9-17-21(19,20)13-7-2-1-6-12(13)18/h1-7,9H,8H2. The van der Waals surface area contributed by atoms with Crippen molar-refractivity contribution in [1.82, 2.24) is 0 Å². The number of halogens is 2. The lowest BCUT2D eigenvalue weighted by atomic mass is 10.2. The van der Waals surface area contributed by atoms with Gasteiger partial charge in [-0.1, -0.05) is 24.3 Å². The van der Waals surface area contributed by atoms with Crippen LogP contribution in [0.15, 0.2) is 56.2 Å². The largest absolute Gasteiger partial charge is 0.326 e. The molecule has 0 amide bonds. The first-order valence-electron chi connectivity index (χ1n) is 6.08. The summed E-state index contributed by atoms with van der Waals surface area (Å²) in [6.07, 6.45) is 1.26. The monoisotopic (exact) mass is 368 g/mol. The van der Waals surface area contributed by atoms with Crippen LogP contribution < -0.4 is 4.90 Å². The Hall–Kier alpha value is -1.73. The third-order valence-corrected chi connectivity index (χ3v) is 5.31. The molecule has 0 saturated carbocycles. The Kier molecular flexibility index (Phi) is 3.54. The molecule has 7 heteroatoms. The second-order valence-corrected chi connectivity index (χ2v) is 6.90. The molecule has 0 N–H and O–H groups in total. The zero-order valence-corrected chi connectivity index (χ0v) is 13.1. The number of hydrogen-bond donors (Lipinski definition) is 0. The summed E-state index contributed by atoms with van der Waals surface area (Å²) in [4.78, 5) is 1.83. The summed E-state index contributed by atoms with van der Waals surface area (Å²) in [7, 11) is -3.64. The van der Waals surface area contributed by atoms with E-state index in [1.807, 2.05) is 0 Å². The molecular formula is C14H10BrFN2O2S. The first-order valence-corrected chi connectivity index (χ1v) is 8.31. The zero-order valence-electron chi connectivity index (χ0n) is 10.7. The van der Waals surface area contributed by atoms with Gasteiger partial charge in [0.2, 0.25) is 0 Å². The van der Waals surface area contributed by atoms with Crippen LogP contribution in [0.1, 0.15) is 5.56 Å². The summed E-state index contributed by atoms with van der Waals surface area (Å²) in [5, 5.41) is 0. The van der Waals surface area contributed by atoms with Gasteiger partial charge in [0.1, 0.15) is 17.1 Å². The molecule has 0 aromatic heterocycles. The van der Waals surface area contributed by atoms with Crippen LogP contribution in [0.25, 0.3) is 0 Å². The number of nitrogens with zero attached hydrogens (tertiary/aromatic N) is 2. The van der Waals surface area contributed by atoms with Gasteiger partial charge in [0, 0.05) is 0 Å². The van der Waals surface area contributed by atoms with Gasteiger partial charge < -0.3 is 4.90 Å². The highest BCUT2D eigenvalue weighted by Crippen LogP contribution is 2.31. The fraction of sp³-hybridized carbons (Fsp3) is 0.0714. The smallest absolute Gasteiger partial charge is 0.285 e. The molecule has 0 fully saturated rings. The van der Waals surface area contributed by atoms with E-state index in [1.54, 1.807) is 35.2 Å². The average molecular weight is 369 g/mol. The molecule has 0 bridgehead atoms. The van der Waals surface area contributed by atoms with Crippen molar-refractivity contribution in [2.75, 3.05) is 4.90 Å². The number of sulfonamides is 1. The van der Waals surface area contributed by atoms with Gasteiger partial charge in [0.05, 0.1) is 16.7 Å². The van der Waals surface area contributed by atoms with Crippen LogP contribution in [0.5, 0.6) is 0 Å². The van der Waals surface area contributed by atoms with E-state index >= 15 is 0 Å². The SMILES string of the molecule is O=S1(=O)N=CN(Cc2cccc(F)c2Br)c2ccccc21. The molecule has 0 spiro atoms. The molecule has 4 nitrogen and oxygen atoms in total. The van der Waals surface area contributed by atoms with E-state index in [4.69, 9.17) is 0 Å². The van der Waals surface area contributed by atoms with Gasteiger partial charge in [0.25, 0.3) is 10.0 Å². The molecule has 0 radical (unpaired) electrons. The number of benzene rings is 2. The fourth-order valence-corrected chi connectivity index (χ4v) is 3.57. The minimum absolute atomic E-state index is 0.153. The van der Waals surface area contributed by atoms with Crippen molar-refractivity contribution in [3.05, 3.63) is 58.3 Å². The van der Waals surface area contributed by atoms with E-state index in [-0.39, 0.29) is 10.7 Å². The Morgan fingerprint density at radius 1 is 1.14 bits per heavy atom. The minimum Gasteiger partial charge on any atom is -0.326 e. The van der Waals surface area contributed by atoms with Crippen molar-refractivity contribution in [2.45, 2.75) is 11.4 Å². The van der Waals surface area contributed by atoms with Gasteiger partial charge in [-0.05, 0) is 39.7 Å². The number of hydrogen-bond acceptors (Lipinski definition) is 3. The second-order valence-electron chi connectivity index (χ2n) is 4.50. The van der Waals surface area contributed by atoms with Crippen molar-refractivity contribution in [2.24, 2.45) is 4.40 Å². The van der Waals surface area contributed by atoms with E-state index < -0.39 is 10.0 Å². The average Bonchev–Trinajstić information content (AvgIpc) is 2.47. The molecule has 21 heavy (non-hydrogen) atoms. The molecule has 1 aliphatic rings. The van der Waals surface area contributed by atoms with Crippen molar-refractivity contribution >= 4 is 38.0 Å². The van der Waals surface area contributed by atoms with E-state index in [1.165, 1.54) is 18.5 Å². The molecule has 2 aromatic carbocycles. The number of para-hydroxylation sites is 1. The quantitative estimate of drug-likeness (QED) is 0.816. The summed E-state index contributed by atoms with van der Waals surface area (Å²) < 4.78 is 41.3. The Morgan fingerprint density at radius 3 is 2.71 bits per heavy atom. The minimum atomic E-state index is -3.64. The van der Waals surface area contributed by atoms with Gasteiger partial charge in [-0.3, -0.25) is 0 Å². The van der Waals surface area contributed by atoms with E-state index in [2.05, 4.69) is 20.3 Å². The van der Waals surface area contributed by atoms with E-state index in [0.29, 0.717) is 22.3 Å². The predicted octanol–water partition coefficient (Wildman–Crippen LogP) is 3.33. The van der Waals surface area contributed by atoms with Gasteiger partial charge in [0.15, 0.2) is 0 Å². The Bertz CT molecular complexity index is 837. The predicted molar refractivity (Wildman–Crippen MR) is 82.4 cm³/mol. The van der Waals surface area contributed by atoms with Crippen LogP contribution in [0.4, 0.5) is 10.1 Å². The maximum atomic E-state index is 13.6. The van der Waals surface area contributed by atoms with Crippen LogP contribution in [0.3, 0.4) is 0 Å². The highest BCUT2D eigenvalue weighted by molar-refractivity contribution is 9.10. The van der Waals surface area contributed by atoms with Gasteiger partial charge in [-0.15, -0.1) is 4.40 Å². The lowest BCUT2D eigenvalue weighted by molar-refractivity contribution is 0.596. The van der Waals surface area contributed by atoms with Crippen LogP contribution in [0.2, 0.25) is 0 Å². The number of fused-ring (bicyclic) bond motifs is 1. The molecule has 0 saturated heterocycles. The van der Waals surface area contributed by atoms with Crippen molar-refractivity contribution < 1.29 is 12.8 Å². The van der Waals surface area contributed by atoms with Crippen molar-refractivity contribution in [3.63, 3.8) is 0 Å². The third kappa shape index (κ3) is 2.58. The van der Waals surface area contributed by atoms with Crippen LogP contribution in [-0.4, -0.2) is 14.8 Å². The Morgan fingerprint density at radius 2 is 1.90 bits per heavy atom. The molecule has 0 unspecified atom stereocenters. The van der Waals surface area contributed by atoms with Gasteiger partial charge in [-0.2, -0.15) is 8.42 Å². The molecule has 2 aromatic rings. The van der Waals surface area contributed by atoms with Crippen molar-refractivity contribution in [3.8, 4) is 0 Å².